The minimum Gasteiger partial charge on any atom is -0.495 e. The van der Waals surface area contributed by atoms with E-state index < -0.39 is 0 Å². The molecule has 4 aromatic carbocycles. The van der Waals surface area contributed by atoms with Crippen LogP contribution in [-0.2, 0) is 6.42 Å². The highest BCUT2D eigenvalue weighted by molar-refractivity contribution is 6.04. The van der Waals surface area contributed by atoms with E-state index in [9.17, 15) is 9.59 Å². The number of anilines is 4. The summed E-state index contributed by atoms with van der Waals surface area (Å²) in [5, 5.41) is 9.24. The van der Waals surface area contributed by atoms with E-state index in [1.807, 2.05) is 54.6 Å². The first-order valence-electron chi connectivity index (χ1n) is 16.5. The van der Waals surface area contributed by atoms with Gasteiger partial charge in [0.1, 0.15) is 5.75 Å². The molecular formula is C39H47N5O3. The smallest absolute Gasteiger partial charge is 0.323 e. The lowest BCUT2D eigenvalue weighted by Crippen LogP contribution is -2.47. The number of piperazine rings is 1. The molecule has 0 spiro atoms. The summed E-state index contributed by atoms with van der Waals surface area (Å²) >= 11 is 0. The number of amides is 3. The Hall–Kier alpha value is -4.98. The van der Waals surface area contributed by atoms with Crippen LogP contribution in [0.2, 0.25) is 0 Å². The Bertz CT molecular complexity index is 1640. The number of nitrogens with one attached hydrogen (secondary N) is 3. The maximum atomic E-state index is 13.7. The molecule has 0 bridgehead atoms. The first kappa shape index (κ1) is 33.4. The average molecular weight is 634 g/mol. The summed E-state index contributed by atoms with van der Waals surface area (Å²) in [5.41, 5.74) is 7.19. The fourth-order valence-electron chi connectivity index (χ4n) is 6.18. The zero-order valence-electron chi connectivity index (χ0n) is 28.2. The summed E-state index contributed by atoms with van der Waals surface area (Å²) in [7, 11) is 1.69. The van der Waals surface area contributed by atoms with Gasteiger partial charge in [-0.15, -0.1) is 0 Å². The fraction of sp³-hybridized carbons (Fsp3) is 0.333. The van der Waals surface area contributed by atoms with Gasteiger partial charge in [-0.05, 0) is 65.3 Å². The average Bonchev–Trinajstić information content (AvgIpc) is 3.08. The van der Waals surface area contributed by atoms with Crippen LogP contribution in [0.5, 0.6) is 5.75 Å². The number of hydrogen-bond acceptors (Lipinski definition) is 5. The summed E-state index contributed by atoms with van der Waals surface area (Å²) in [5.74, 6) is 1.18. The zero-order chi connectivity index (χ0) is 33.3. The molecule has 0 unspecified atom stereocenters. The number of hydrogen-bond donors (Lipinski definition) is 3. The molecule has 4 aromatic rings. The van der Waals surface area contributed by atoms with Crippen LogP contribution < -0.4 is 30.5 Å². The maximum Gasteiger partial charge on any atom is 0.323 e. The Kier molecular flexibility index (Phi) is 11.0. The van der Waals surface area contributed by atoms with Crippen LogP contribution in [0.3, 0.4) is 0 Å². The van der Waals surface area contributed by atoms with Crippen molar-refractivity contribution >= 4 is 34.7 Å². The lowest BCUT2D eigenvalue weighted by molar-refractivity contribution is 0.0954. The van der Waals surface area contributed by atoms with Crippen molar-refractivity contribution in [3.63, 3.8) is 0 Å². The molecular weight excluding hydrogens is 586 g/mol. The van der Waals surface area contributed by atoms with Crippen LogP contribution in [0.25, 0.3) is 0 Å². The molecule has 0 aliphatic carbocycles. The van der Waals surface area contributed by atoms with Crippen molar-refractivity contribution in [2.75, 3.05) is 60.3 Å². The highest BCUT2D eigenvalue weighted by atomic mass is 16.5. The lowest BCUT2D eigenvalue weighted by Gasteiger charge is -2.38. The summed E-state index contributed by atoms with van der Waals surface area (Å²) in [4.78, 5) is 31.7. The van der Waals surface area contributed by atoms with Gasteiger partial charge in [0.05, 0.1) is 18.4 Å². The first-order chi connectivity index (χ1) is 22.7. The number of benzene rings is 4. The lowest BCUT2D eigenvalue weighted by atomic mass is 9.93. The van der Waals surface area contributed by atoms with Crippen LogP contribution in [0.15, 0.2) is 91.0 Å². The topological polar surface area (TPSA) is 85.9 Å². The van der Waals surface area contributed by atoms with E-state index >= 15 is 0 Å². The molecule has 1 aliphatic heterocycles. The van der Waals surface area contributed by atoms with Gasteiger partial charge in [-0.2, -0.15) is 0 Å². The molecule has 8 heteroatoms. The van der Waals surface area contributed by atoms with E-state index in [0.717, 1.165) is 72.1 Å². The SMILES string of the molecule is COc1ccccc1N1CCN(c2ccc(NC(=O)Nc3c(C(C)C)cccc3C(C)C)cc2C(=O)NCCc2ccccc2)CC1. The number of urea groups is 1. The van der Waals surface area contributed by atoms with Crippen LogP contribution in [-0.4, -0.2) is 51.8 Å². The van der Waals surface area contributed by atoms with E-state index in [0.29, 0.717) is 17.8 Å². The van der Waals surface area contributed by atoms with Gasteiger partial charge < -0.3 is 30.5 Å². The molecule has 1 saturated heterocycles. The van der Waals surface area contributed by atoms with Crippen LogP contribution in [0.1, 0.15) is 66.6 Å². The monoisotopic (exact) mass is 633 g/mol. The molecule has 1 fully saturated rings. The normalized spacial score (nSPS) is 13.1. The zero-order valence-corrected chi connectivity index (χ0v) is 28.2. The standard InChI is InChI=1S/C39H47N5O3/c1-27(2)31-14-11-15-32(28(3)4)37(31)42-39(46)41-30-18-19-34(33(26-30)38(45)40-21-20-29-12-7-6-8-13-29)43-22-24-44(25-23-43)35-16-9-10-17-36(35)47-5/h6-19,26-28H,20-25H2,1-5H3,(H,40,45)(H2,41,42,46). The first-order valence-corrected chi connectivity index (χ1v) is 16.5. The predicted molar refractivity (Wildman–Crippen MR) is 194 cm³/mol. The molecule has 3 N–H and O–H groups in total. The Labute approximate surface area is 279 Å². The van der Waals surface area contributed by atoms with Gasteiger partial charge in [0.25, 0.3) is 5.91 Å². The highest BCUT2D eigenvalue weighted by Gasteiger charge is 2.24. The van der Waals surface area contributed by atoms with Crippen molar-refractivity contribution in [1.29, 1.82) is 0 Å². The van der Waals surface area contributed by atoms with E-state index in [4.69, 9.17) is 4.74 Å². The molecule has 1 heterocycles. The van der Waals surface area contributed by atoms with Crippen molar-refractivity contribution in [3.05, 3.63) is 113 Å². The Morgan fingerprint density at radius 2 is 1.34 bits per heavy atom. The summed E-state index contributed by atoms with van der Waals surface area (Å²) in [6.07, 6.45) is 0.729. The molecule has 0 radical (unpaired) electrons. The maximum absolute atomic E-state index is 13.7. The number of nitrogens with zero attached hydrogens (tertiary/aromatic N) is 2. The number of para-hydroxylation sites is 3. The molecule has 0 aromatic heterocycles. The van der Waals surface area contributed by atoms with E-state index in [2.05, 4.69) is 83.8 Å². The van der Waals surface area contributed by atoms with E-state index in [-0.39, 0.29) is 23.8 Å². The Morgan fingerprint density at radius 1 is 0.723 bits per heavy atom. The minimum atomic E-state index is -0.339. The highest BCUT2D eigenvalue weighted by Crippen LogP contribution is 2.33. The second-order valence-corrected chi connectivity index (χ2v) is 12.6. The van der Waals surface area contributed by atoms with E-state index in [1.54, 1.807) is 13.2 Å². The van der Waals surface area contributed by atoms with Gasteiger partial charge in [-0.1, -0.05) is 88.4 Å². The molecule has 246 valence electrons. The van der Waals surface area contributed by atoms with Crippen molar-refractivity contribution in [3.8, 4) is 5.75 Å². The number of carbonyl (C=O) groups is 2. The molecule has 0 saturated carbocycles. The number of carbonyl (C=O) groups excluding carboxylic acids is 2. The van der Waals surface area contributed by atoms with Crippen LogP contribution >= 0.6 is 0 Å². The molecule has 0 atom stereocenters. The predicted octanol–water partition coefficient (Wildman–Crippen LogP) is 7.89. The summed E-state index contributed by atoms with van der Waals surface area (Å²) < 4.78 is 5.60. The van der Waals surface area contributed by atoms with Crippen molar-refractivity contribution in [2.45, 2.75) is 46.0 Å². The van der Waals surface area contributed by atoms with Crippen molar-refractivity contribution in [2.24, 2.45) is 0 Å². The molecule has 8 nitrogen and oxygen atoms in total. The molecule has 3 amide bonds. The van der Waals surface area contributed by atoms with Gasteiger partial charge in [0, 0.05) is 49.8 Å². The summed E-state index contributed by atoms with van der Waals surface area (Å²) in [6.45, 7) is 12.0. The second-order valence-electron chi connectivity index (χ2n) is 12.6. The van der Waals surface area contributed by atoms with Gasteiger partial charge >= 0.3 is 6.03 Å². The molecule has 5 rings (SSSR count). The van der Waals surface area contributed by atoms with Crippen molar-refractivity contribution in [1.82, 2.24) is 5.32 Å². The largest absolute Gasteiger partial charge is 0.495 e. The van der Waals surface area contributed by atoms with Crippen LogP contribution in [0.4, 0.5) is 27.5 Å². The number of rotatable bonds is 11. The van der Waals surface area contributed by atoms with Gasteiger partial charge in [-0.25, -0.2) is 4.79 Å². The number of ether oxygens (including phenoxy) is 1. The fourth-order valence-corrected chi connectivity index (χ4v) is 6.18. The van der Waals surface area contributed by atoms with Gasteiger partial charge in [0.15, 0.2) is 0 Å². The minimum absolute atomic E-state index is 0.167. The molecule has 47 heavy (non-hydrogen) atoms. The third kappa shape index (κ3) is 8.25. The van der Waals surface area contributed by atoms with Crippen molar-refractivity contribution < 1.29 is 14.3 Å². The van der Waals surface area contributed by atoms with Gasteiger partial charge in [-0.3, -0.25) is 4.79 Å². The second kappa shape index (κ2) is 15.5. The Balaban J connectivity index is 1.35. The van der Waals surface area contributed by atoms with E-state index in [1.165, 1.54) is 0 Å². The quantitative estimate of drug-likeness (QED) is 0.156. The third-order valence-electron chi connectivity index (χ3n) is 8.70. The summed E-state index contributed by atoms with van der Waals surface area (Å²) in [6, 6.07) is 29.6. The third-order valence-corrected chi connectivity index (χ3v) is 8.70. The Morgan fingerprint density at radius 3 is 1.98 bits per heavy atom. The van der Waals surface area contributed by atoms with Crippen LogP contribution in [0, 0.1) is 0 Å². The van der Waals surface area contributed by atoms with Gasteiger partial charge in [0.2, 0.25) is 0 Å². The molecule has 1 aliphatic rings. The number of methoxy groups -OCH3 is 1.